The van der Waals surface area contributed by atoms with E-state index in [0.29, 0.717) is 5.41 Å². The van der Waals surface area contributed by atoms with Crippen LogP contribution in [0.1, 0.15) is 18.4 Å². The van der Waals surface area contributed by atoms with Gasteiger partial charge in [0, 0.05) is 43.8 Å². The summed E-state index contributed by atoms with van der Waals surface area (Å²) in [5, 5.41) is 0. The fourth-order valence-electron chi connectivity index (χ4n) is 3.72. The standard InChI is InChI=1S/C20H23FN2/c21-18-6-8-19(9-7-18)23-14-12-22(13-15-23)16-20(10-11-20)17-4-2-1-3-5-17/h1-9H,10-16H2. The number of rotatable bonds is 4. The van der Waals surface area contributed by atoms with Crippen molar-refractivity contribution in [2.24, 2.45) is 0 Å². The molecule has 0 amide bonds. The minimum atomic E-state index is -0.161. The van der Waals surface area contributed by atoms with Gasteiger partial charge in [-0.1, -0.05) is 30.3 Å². The largest absolute Gasteiger partial charge is 0.369 e. The van der Waals surface area contributed by atoms with Crippen LogP contribution in [0.25, 0.3) is 0 Å². The van der Waals surface area contributed by atoms with E-state index >= 15 is 0 Å². The molecule has 4 rings (SSSR count). The molecule has 2 nitrogen and oxygen atoms in total. The van der Waals surface area contributed by atoms with Crippen molar-refractivity contribution in [1.29, 1.82) is 0 Å². The minimum absolute atomic E-state index is 0.161. The zero-order valence-electron chi connectivity index (χ0n) is 13.4. The summed E-state index contributed by atoms with van der Waals surface area (Å²) in [6.07, 6.45) is 2.63. The fraction of sp³-hybridized carbons (Fsp3) is 0.400. The predicted molar refractivity (Wildman–Crippen MR) is 92.4 cm³/mol. The molecule has 0 radical (unpaired) electrons. The molecule has 23 heavy (non-hydrogen) atoms. The molecule has 2 aliphatic rings. The smallest absolute Gasteiger partial charge is 0.123 e. The van der Waals surface area contributed by atoms with Crippen LogP contribution in [-0.4, -0.2) is 37.6 Å². The molecule has 2 aromatic carbocycles. The molecule has 1 aliphatic carbocycles. The lowest BCUT2D eigenvalue weighted by molar-refractivity contribution is 0.235. The van der Waals surface area contributed by atoms with Gasteiger partial charge in [0.25, 0.3) is 0 Å². The molecule has 3 heteroatoms. The van der Waals surface area contributed by atoms with E-state index in [1.807, 2.05) is 12.1 Å². The maximum Gasteiger partial charge on any atom is 0.123 e. The molecular formula is C20H23FN2. The summed E-state index contributed by atoms with van der Waals surface area (Å²) in [5.41, 5.74) is 3.04. The second kappa shape index (κ2) is 5.97. The van der Waals surface area contributed by atoms with Gasteiger partial charge >= 0.3 is 0 Å². The molecule has 2 aromatic rings. The lowest BCUT2D eigenvalue weighted by Gasteiger charge is -2.38. The minimum Gasteiger partial charge on any atom is -0.369 e. The molecule has 120 valence electrons. The van der Waals surface area contributed by atoms with Gasteiger partial charge in [-0.15, -0.1) is 0 Å². The van der Waals surface area contributed by atoms with Gasteiger partial charge in [0.2, 0.25) is 0 Å². The predicted octanol–water partition coefficient (Wildman–Crippen LogP) is 3.68. The first-order chi connectivity index (χ1) is 11.3. The second-order valence-corrected chi connectivity index (χ2v) is 6.89. The molecule has 1 heterocycles. The average Bonchev–Trinajstić information content (AvgIpc) is 3.38. The molecule has 1 aliphatic heterocycles. The van der Waals surface area contributed by atoms with Crippen LogP contribution < -0.4 is 4.90 Å². The zero-order chi connectivity index (χ0) is 15.7. The highest BCUT2D eigenvalue weighted by Gasteiger charge is 2.45. The Morgan fingerprint density at radius 1 is 0.826 bits per heavy atom. The van der Waals surface area contributed by atoms with Gasteiger partial charge in [-0.2, -0.15) is 0 Å². The topological polar surface area (TPSA) is 6.48 Å². The second-order valence-electron chi connectivity index (χ2n) is 6.89. The van der Waals surface area contributed by atoms with Gasteiger partial charge in [0.1, 0.15) is 5.82 Å². The Morgan fingerprint density at radius 2 is 1.48 bits per heavy atom. The number of benzene rings is 2. The maximum absolute atomic E-state index is 13.0. The van der Waals surface area contributed by atoms with Crippen LogP contribution in [0.5, 0.6) is 0 Å². The highest BCUT2D eigenvalue weighted by atomic mass is 19.1. The van der Waals surface area contributed by atoms with Crippen molar-refractivity contribution in [2.75, 3.05) is 37.6 Å². The van der Waals surface area contributed by atoms with Crippen LogP contribution in [0.2, 0.25) is 0 Å². The van der Waals surface area contributed by atoms with Crippen molar-refractivity contribution in [1.82, 2.24) is 4.90 Å². The third kappa shape index (κ3) is 3.11. The van der Waals surface area contributed by atoms with Crippen LogP contribution in [0.15, 0.2) is 54.6 Å². The Labute approximate surface area is 137 Å². The van der Waals surface area contributed by atoms with Crippen molar-refractivity contribution in [2.45, 2.75) is 18.3 Å². The Hall–Kier alpha value is -1.87. The van der Waals surface area contributed by atoms with Crippen LogP contribution >= 0.6 is 0 Å². The van der Waals surface area contributed by atoms with E-state index in [1.165, 1.54) is 24.9 Å². The summed E-state index contributed by atoms with van der Waals surface area (Å²) >= 11 is 0. The first-order valence-electron chi connectivity index (χ1n) is 8.54. The molecular weight excluding hydrogens is 287 g/mol. The third-order valence-electron chi connectivity index (χ3n) is 5.33. The summed E-state index contributed by atoms with van der Waals surface area (Å²) < 4.78 is 13.0. The van der Waals surface area contributed by atoms with E-state index in [1.54, 1.807) is 12.1 Å². The number of hydrogen-bond acceptors (Lipinski definition) is 2. The molecule has 0 spiro atoms. The van der Waals surface area contributed by atoms with Gasteiger partial charge < -0.3 is 4.90 Å². The summed E-state index contributed by atoms with van der Waals surface area (Å²) in [6.45, 7) is 5.40. The van der Waals surface area contributed by atoms with Gasteiger partial charge in [0.15, 0.2) is 0 Å². The normalized spacial score (nSPS) is 20.5. The quantitative estimate of drug-likeness (QED) is 0.850. The van der Waals surface area contributed by atoms with Gasteiger partial charge in [0.05, 0.1) is 0 Å². The third-order valence-corrected chi connectivity index (χ3v) is 5.33. The number of piperazine rings is 1. The van der Waals surface area contributed by atoms with E-state index in [0.717, 1.165) is 31.9 Å². The summed E-state index contributed by atoms with van der Waals surface area (Å²) in [6, 6.07) is 17.8. The number of halogens is 1. The van der Waals surface area contributed by atoms with Gasteiger partial charge in [-0.3, -0.25) is 4.90 Å². The summed E-state index contributed by atoms with van der Waals surface area (Å²) in [7, 11) is 0. The Morgan fingerprint density at radius 3 is 2.09 bits per heavy atom. The van der Waals surface area contributed by atoms with E-state index in [-0.39, 0.29) is 5.82 Å². The van der Waals surface area contributed by atoms with E-state index in [4.69, 9.17) is 0 Å². The SMILES string of the molecule is Fc1ccc(N2CCN(CC3(c4ccccc4)CC3)CC2)cc1. The van der Waals surface area contributed by atoms with Crippen molar-refractivity contribution in [3.63, 3.8) is 0 Å². The summed E-state index contributed by atoms with van der Waals surface area (Å²) in [4.78, 5) is 4.96. The molecule has 1 saturated carbocycles. The molecule has 1 saturated heterocycles. The number of nitrogens with zero attached hydrogens (tertiary/aromatic N) is 2. The molecule has 0 bridgehead atoms. The van der Waals surface area contributed by atoms with Crippen LogP contribution in [-0.2, 0) is 5.41 Å². The van der Waals surface area contributed by atoms with Crippen molar-refractivity contribution in [3.05, 3.63) is 66.0 Å². The van der Waals surface area contributed by atoms with E-state index in [9.17, 15) is 4.39 Å². The summed E-state index contributed by atoms with van der Waals surface area (Å²) in [5.74, 6) is -0.161. The molecule has 0 atom stereocenters. The van der Waals surface area contributed by atoms with Gasteiger partial charge in [-0.25, -0.2) is 4.39 Å². The maximum atomic E-state index is 13.0. The first kappa shape index (κ1) is 14.7. The Bertz CT molecular complexity index is 641. The van der Waals surface area contributed by atoms with E-state index in [2.05, 4.69) is 40.1 Å². The molecule has 0 unspecified atom stereocenters. The lowest BCUT2D eigenvalue weighted by Crippen LogP contribution is -2.48. The number of hydrogen-bond donors (Lipinski definition) is 0. The molecule has 0 N–H and O–H groups in total. The highest BCUT2D eigenvalue weighted by Crippen LogP contribution is 2.48. The Balaban J connectivity index is 1.36. The first-order valence-corrected chi connectivity index (χ1v) is 8.54. The van der Waals surface area contributed by atoms with Crippen LogP contribution in [0.3, 0.4) is 0 Å². The Kier molecular flexibility index (Phi) is 3.82. The van der Waals surface area contributed by atoms with Crippen molar-refractivity contribution >= 4 is 5.69 Å². The van der Waals surface area contributed by atoms with Crippen molar-refractivity contribution < 1.29 is 4.39 Å². The highest BCUT2D eigenvalue weighted by molar-refractivity contribution is 5.46. The lowest BCUT2D eigenvalue weighted by atomic mass is 9.95. The van der Waals surface area contributed by atoms with Gasteiger partial charge in [-0.05, 0) is 42.7 Å². The molecule has 0 aromatic heterocycles. The van der Waals surface area contributed by atoms with E-state index < -0.39 is 0 Å². The van der Waals surface area contributed by atoms with Crippen LogP contribution in [0, 0.1) is 5.82 Å². The average molecular weight is 310 g/mol. The fourth-order valence-corrected chi connectivity index (χ4v) is 3.72. The zero-order valence-corrected chi connectivity index (χ0v) is 13.4. The monoisotopic (exact) mass is 310 g/mol. The van der Waals surface area contributed by atoms with Crippen LogP contribution in [0.4, 0.5) is 10.1 Å². The number of anilines is 1. The van der Waals surface area contributed by atoms with Crippen molar-refractivity contribution in [3.8, 4) is 0 Å². The molecule has 2 fully saturated rings.